The number of hydrogen-bond donors (Lipinski definition) is 1. The summed E-state index contributed by atoms with van der Waals surface area (Å²) in [4.78, 5) is 0. The van der Waals surface area contributed by atoms with Crippen LogP contribution in [0.15, 0.2) is 89.7 Å². The second-order valence-corrected chi connectivity index (χ2v) is 7.15. The Balaban J connectivity index is 1.56. The fourth-order valence-corrected chi connectivity index (χ4v) is 3.96. The molecule has 1 N–H and O–H groups in total. The SMILES string of the molecule is OC1=C(/C=c2\cccc3c2=CC=CC3)C/C1=C/c1cccc2ccccc12. The van der Waals surface area contributed by atoms with Crippen molar-refractivity contribution in [2.75, 3.05) is 0 Å². The fraction of sp³-hybridized carbons (Fsp3) is 0.0769. The Bertz CT molecular complexity index is 1260. The lowest BCUT2D eigenvalue weighted by atomic mass is 9.86. The zero-order chi connectivity index (χ0) is 18.2. The number of aliphatic hydroxyl groups excluding tert-OH is 1. The van der Waals surface area contributed by atoms with Gasteiger partial charge in [-0.15, -0.1) is 0 Å². The van der Waals surface area contributed by atoms with Crippen LogP contribution in [-0.4, -0.2) is 5.11 Å². The van der Waals surface area contributed by atoms with E-state index in [0.717, 1.165) is 29.6 Å². The highest BCUT2D eigenvalue weighted by atomic mass is 16.3. The topological polar surface area (TPSA) is 20.2 Å². The third-order valence-electron chi connectivity index (χ3n) is 5.44. The maximum absolute atomic E-state index is 10.6. The molecule has 0 saturated heterocycles. The highest BCUT2D eigenvalue weighted by Gasteiger charge is 2.21. The van der Waals surface area contributed by atoms with Crippen LogP contribution in [0.25, 0.3) is 29.0 Å². The third kappa shape index (κ3) is 2.82. The summed E-state index contributed by atoms with van der Waals surface area (Å²) in [6, 6.07) is 21.1. The molecule has 1 nitrogen and oxygen atoms in total. The van der Waals surface area contributed by atoms with Crippen LogP contribution in [0.3, 0.4) is 0 Å². The van der Waals surface area contributed by atoms with Crippen LogP contribution in [0.5, 0.6) is 0 Å². The van der Waals surface area contributed by atoms with E-state index >= 15 is 0 Å². The van der Waals surface area contributed by atoms with E-state index in [0.29, 0.717) is 5.76 Å². The quantitative estimate of drug-likeness (QED) is 0.704. The predicted octanol–water partition coefficient (Wildman–Crippen LogP) is 4.81. The highest BCUT2D eigenvalue weighted by Crippen LogP contribution is 2.35. The number of benzene rings is 3. The van der Waals surface area contributed by atoms with Gasteiger partial charge in [0.05, 0.1) is 0 Å². The van der Waals surface area contributed by atoms with Gasteiger partial charge in [0.2, 0.25) is 0 Å². The minimum atomic E-state index is 0.423. The molecule has 130 valence electrons. The van der Waals surface area contributed by atoms with Gasteiger partial charge in [-0.05, 0) is 62.1 Å². The lowest BCUT2D eigenvalue weighted by Gasteiger charge is -2.21. The van der Waals surface area contributed by atoms with Gasteiger partial charge in [-0.25, -0.2) is 0 Å². The molecule has 0 aliphatic heterocycles. The van der Waals surface area contributed by atoms with Crippen molar-refractivity contribution in [3.63, 3.8) is 0 Å². The van der Waals surface area contributed by atoms with Crippen molar-refractivity contribution < 1.29 is 5.11 Å². The summed E-state index contributed by atoms with van der Waals surface area (Å²) in [7, 11) is 0. The van der Waals surface area contributed by atoms with E-state index in [9.17, 15) is 5.11 Å². The smallest absolute Gasteiger partial charge is 0.122 e. The van der Waals surface area contributed by atoms with Crippen molar-refractivity contribution in [2.45, 2.75) is 12.8 Å². The third-order valence-corrected chi connectivity index (χ3v) is 5.44. The molecule has 0 spiro atoms. The monoisotopic (exact) mass is 348 g/mol. The van der Waals surface area contributed by atoms with Crippen molar-refractivity contribution in [2.24, 2.45) is 0 Å². The highest BCUT2D eigenvalue weighted by molar-refractivity contribution is 5.91. The second kappa shape index (κ2) is 6.44. The van der Waals surface area contributed by atoms with Crippen LogP contribution in [-0.2, 0) is 6.42 Å². The van der Waals surface area contributed by atoms with E-state index in [1.807, 2.05) is 0 Å². The van der Waals surface area contributed by atoms with Gasteiger partial charge in [0.25, 0.3) is 0 Å². The molecular weight excluding hydrogens is 328 g/mol. The van der Waals surface area contributed by atoms with Gasteiger partial charge in [-0.1, -0.05) is 78.9 Å². The summed E-state index contributed by atoms with van der Waals surface area (Å²) in [6.45, 7) is 0. The molecule has 3 aromatic carbocycles. The standard InChI is InChI=1S/C26H20O/c27-26-22(15-20-11-5-9-18-7-1-3-13-24(18)20)17-23(26)16-21-12-6-10-19-8-2-4-14-25(19)21/h1-7,9-16,27H,8,17H2/b21-16+,22-15-. The first-order valence-corrected chi connectivity index (χ1v) is 9.37. The first-order valence-electron chi connectivity index (χ1n) is 9.37. The Morgan fingerprint density at radius 2 is 1.70 bits per heavy atom. The summed E-state index contributed by atoms with van der Waals surface area (Å²) < 4.78 is 0. The molecule has 0 bridgehead atoms. The molecular formula is C26H20O. The Morgan fingerprint density at radius 1 is 0.852 bits per heavy atom. The maximum Gasteiger partial charge on any atom is 0.122 e. The largest absolute Gasteiger partial charge is 0.507 e. The minimum absolute atomic E-state index is 0.423. The average molecular weight is 348 g/mol. The molecule has 0 saturated carbocycles. The minimum Gasteiger partial charge on any atom is -0.507 e. The van der Waals surface area contributed by atoms with Crippen molar-refractivity contribution >= 4 is 29.0 Å². The van der Waals surface area contributed by atoms with Gasteiger partial charge < -0.3 is 5.11 Å². The molecule has 2 aliphatic carbocycles. The first kappa shape index (κ1) is 15.9. The van der Waals surface area contributed by atoms with Gasteiger partial charge in [0.1, 0.15) is 5.76 Å². The van der Waals surface area contributed by atoms with E-state index in [-0.39, 0.29) is 0 Å². The first-order chi connectivity index (χ1) is 13.3. The Hall–Kier alpha value is -3.32. The normalized spacial score (nSPS) is 17.8. The average Bonchev–Trinajstić information content (AvgIpc) is 2.73. The molecule has 5 rings (SSSR count). The summed E-state index contributed by atoms with van der Waals surface area (Å²) in [5.74, 6) is 0.423. The van der Waals surface area contributed by atoms with E-state index in [1.54, 1.807) is 0 Å². The molecule has 27 heavy (non-hydrogen) atoms. The Kier molecular flexibility index (Phi) is 3.79. The van der Waals surface area contributed by atoms with Crippen molar-refractivity contribution in [3.05, 3.63) is 111 Å². The van der Waals surface area contributed by atoms with Gasteiger partial charge in [-0.3, -0.25) is 0 Å². The number of hydrogen-bond acceptors (Lipinski definition) is 1. The molecule has 0 radical (unpaired) electrons. The molecule has 1 heteroatoms. The van der Waals surface area contributed by atoms with Gasteiger partial charge >= 0.3 is 0 Å². The summed E-state index contributed by atoms with van der Waals surface area (Å²) >= 11 is 0. The van der Waals surface area contributed by atoms with E-state index in [1.165, 1.54) is 26.8 Å². The van der Waals surface area contributed by atoms with Crippen LogP contribution in [0.4, 0.5) is 0 Å². The molecule has 0 aromatic heterocycles. The van der Waals surface area contributed by atoms with Crippen molar-refractivity contribution in [1.29, 1.82) is 0 Å². The van der Waals surface area contributed by atoms with Crippen LogP contribution in [0.1, 0.15) is 17.5 Å². The lowest BCUT2D eigenvalue weighted by molar-refractivity contribution is 0.400. The van der Waals surface area contributed by atoms with E-state index in [2.05, 4.69) is 91.0 Å². The predicted molar refractivity (Wildman–Crippen MR) is 114 cm³/mol. The number of rotatable bonds is 2. The molecule has 0 unspecified atom stereocenters. The Morgan fingerprint density at radius 3 is 2.63 bits per heavy atom. The van der Waals surface area contributed by atoms with Crippen LogP contribution >= 0.6 is 0 Å². The van der Waals surface area contributed by atoms with Crippen molar-refractivity contribution in [3.8, 4) is 0 Å². The van der Waals surface area contributed by atoms with Crippen LogP contribution in [0.2, 0.25) is 0 Å². The fourth-order valence-electron chi connectivity index (χ4n) is 3.96. The summed E-state index contributed by atoms with van der Waals surface area (Å²) in [6.07, 6.45) is 12.5. The zero-order valence-electron chi connectivity index (χ0n) is 15.0. The van der Waals surface area contributed by atoms with E-state index < -0.39 is 0 Å². The second-order valence-electron chi connectivity index (χ2n) is 7.15. The lowest BCUT2D eigenvalue weighted by Crippen LogP contribution is -2.29. The molecule has 0 atom stereocenters. The number of fused-ring (bicyclic) bond motifs is 2. The van der Waals surface area contributed by atoms with Crippen LogP contribution in [0, 0.1) is 0 Å². The molecule has 0 amide bonds. The number of aliphatic hydroxyl groups is 1. The van der Waals surface area contributed by atoms with Gasteiger partial charge in [0.15, 0.2) is 0 Å². The molecule has 0 fully saturated rings. The summed E-state index contributed by atoms with van der Waals surface area (Å²) in [5.41, 5.74) is 4.52. The number of allylic oxidation sites excluding steroid dienone is 4. The van der Waals surface area contributed by atoms with Crippen molar-refractivity contribution in [1.82, 2.24) is 0 Å². The van der Waals surface area contributed by atoms with Gasteiger partial charge in [-0.2, -0.15) is 0 Å². The zero-order valence-corrected chi connectivity index (χ0v) is 15.0. The summed E-state index contributed by atoms with van der Waals surface area (Å²) in [5, 5.41) is 15.5. The maximum atomic E-state index is 10.6. The Labute approximate surface area is 158 Å². The van der Waals surface area contributed by atoms with Crippen LogP contribution < -0.4 is 10.4 Å². The molecule has 0 heterocycles. The molecule has 2 aliphatic rings. The van der Waals surface area contributed by atoms with Gasteiger partial charge in [0, 0.05) is 6.42 Å². The van der Waals surface area contributed by atoms with E-state index in [4.69, 9.17) is 0 Å². The molecule has 3 aromatic rings.